The van der Waals surface area contributed by atoms with Crippen LogP contribution in [0.15, 0.2) is 30.3 Å². The summed E-state index contributed by atoms with van der Waals surface area (Å²) in [5.74, 6) is -0.559. The number of carbonyl (C=O) groups is 2. The second kappa shape index (κ2) is 9.06. The summed E-state index contributed by atoms with van der Waals surface area (Å²) in [5, 5.41) is 10.6. The third kappa shape index (κ3) is 6.23. The Hall–Kier alpha value is -2.60. The molecule has 2 amide bonds. The average Bonchev–Trinajstić information content (AvgIpc) is 2.85. The van der Waals surface area contributed by atoms with Crippen LogP contribution in [0.25, 0.3) is 6.08 Å². The molecule has 0 aliphatic carbocycles. The Morgan fingerprint density at radius 2 is 1.89 bits per heavy atom. The van der Waals surface area contributed by atoms with Crippen LogP contribution in [0.2, 0.25) is 5.02 Å². The molecule has 7 heteroatoms. The molecule has 1 aromatic carbocycles. The highest BCUT2D eigenvalue weighted by Gasteiger charge is 2.14. The Bertz CT molecular complexity index is 894. The Labute approximate surface area is 171 Å². The van der Waals surface area contributed by atoms with Gasteiger partial charge in [-0.25, -0.2) is 0 Å². The van der Waals surface area contributed by atoms with Gasteiger partial charge < -0.3 is 10.6 Å². The number of hydrogen-bond acceptors (Lipinski definition) is 3. The van der Waals surface area contributed by atoms with E-state index < -0.39 is 0 Å². The quantitative estimate of drug-likeness (QED) is 0.728. The van der Waals surface area contributed by atoms with Crippen molar-refractivity contribution in [3.05, 3.63) is 57.9 Å². The highest BCUT2D eigenvalue weighted by Crippen LogP contribution is 2.20. The van der Waals surface area contributed by atoms with Crippen molar-refractivity contribution in [1.82, 2.24) is 20.4 Å². The molecular weight excluding hydrogens is 376 g/mol. The van der Waals surface area contributed by atoms with E-state index in [9.17, 15) is 9.59 Å². The number of nitrogens with zero attached hydrogens (tertiary/aromatic N) is 2. The first-order valence-corrected chi connectivity index (χ1v) is 9.49. The van der Waals surface area contributed by atoms with Crippen molar-refractivity contribution in [3.63, 3.8) is 0 Å². The summed E-state index contributed by atoms with van der Waals surface area (Å²) < 4.78 is 1.87. The normalized spacial score (nSPS) is 11.6. The predicted octanol–water partition coefficient (Wildman–Crippen LogP) is 3.25. The molecule has 0 saturated heterocycles. The molecule has 2 aromatic rings. The van der Waals surface area contributed by atoms with E-state index in [1.807, 2.05) is 63.6 Å². The van der Waals surface area contributed by atoms with Crippen molar-refractivity contribution in [2.45, 2.75) is 46.7 Å². The number of aromatic nitrogens is 2. The summed E-state index contributed by atoms with van der Waals surface area (Å²) >= 11 is 6.24. The fourth-order valence-electron chi connectivity index (χ4n) is 2.74. The molecule has 0 radical (unpaired) electrons. The molecule has 0 atom stereocenters. The van der Waals surface area contributed by atoms with Crippen LogP contribution in [-0.2, 0) is 16.1 Å². The molecule has 1 heterocycles. The highest BCUT2D eigenvalue weighted by atomic mass is 35.5. The monoisotopic (exact) mass is 402 g/mol. The van der Waals surface area contributed by atoms with Gasteiger partial charge >= 0.3 is 0 Å². The van der Waals surface area contributed by atoms with Crippen LogP contribution >= 0.6 is 11.6 Å². The Morgan fingerprint density at radius 3 is 2.54 bits per heavy atom. The van der Waals surface area contributed by atoms with Crippen LogP contribution in [0.5, 0.6) is 0 Å². The van der Waals surface area contributed by atoms with Crippen molar-refractivity contribution in [3.8, 4) is 0 Å². The van der Waals surface area contributed by atoms with E-state index >= 15 is 0 Å². The van der Waals surface area contributed by atoms with Gasteiger partial charge in [0.05, 0.1) is 18.8 Å². The summed E-state index contributed by atoms with van der Waals surface area (Å²) in [4.78, 5) is 23.8. The van der Waals surface area contributed by atoms with Gasteiger partial charge in [-0.1, -0.05) is 29.8 Å². The van der Waals surface area contributed by atoms with Crippen LogP contribution < -0.4 is 10.6 Å². The van der Waals surface area contributed by atoms with Gasteiger partial charge in [0.15, 0.2) is 0 Å². The summed E-state index contributed by atoms with van der Waals surface area (Å²) in [6, 6.07) is 7.64. The lowest BCUT2D eigenvalue weighted by molar-refractivity contribution is -0.124. The van der Waals surface area contributed by atoms with Gasteiger partial charge in [-0.3, -0.25) is 14.3 Å². The smallest absolute Gasteiger partial charge is 0.244 e. The summed E-state index contributed by atoms with van der Waals surface area (Å²) in [6.45, 7) is 9.99. The van der Waals surface area contributed by atoms with Crippen molar-refractivity contribution in [1.29, 1.82) is 0 Å². The number of hydrogen-bond donors (Lipinski definition) is 2. The molecule has 0 aliphatic heterocycles. The molecule has 28 heavy (non-hydrogen) atoms. The van der Waals surface area contributed by atoms with E-state index in [2.05, 4.69) is 15.7 Å². The number of aryl methyl sites for hydroxylation is 1. The second-order valence-electron chi connectivity index (χ2n) is 7.68. The third-order valence-corrected chi connectivity index (χ3v) is 4.42. The Kier molecular flexibility index (Phi) is 7.02. The molecule has 2 N–H and O–H groups in total. The molecule has 150 valence electrons. The first kappa shape index (κ1) is 21.7. The SMILES string of the molecule is Cc1nn(Cc2ccccc2Cl)c(C)c1/C=C/C(=O)NCC(=O)NC(C)(C)C. The summed E-state index contributed by atoms with van der Waals surface area (Å²) in [5.41, 5.74) is 3.28. The minimum atomic E-state index is -0.332. The van der Waals surface area contributed by atoms with E-state index in [-0.39, 0.29) is 23.9 Å². The van der Waals surface area contributed by atoms with Crippen LogP contribution in [-0.4, -0.2) is 33.7 Å². The van der Waals surface area contributed by atoms with Gasteiger partial charge in [-0.15, -0.1) is 0 Å². The second-order valence-corrected chi connectivity index (χ2v) is 8.09. The van der Waals surface area contributed by atoms with Gasteiger partial charge in [-0.2, -0.15) is 5.10 Å². The maximum absolute atomic E-state index is 12.0. The zero-order valence-corrected chi connectivity index (χ0v) is 17.7. The number of carbonyl (C=O) groups excluding carboxylic acids is 2. The van der Waals surface area contributed by atoms with Crippen LogP contribution in [0.3, 0.4) is 0 Å². The maximum atomic E-state index is 12.0. The molecule has 0 spiro atoms. The third-order valence-electron chi connectivity index (χ3n) is 4.05. The number of nitrogens with one attached hydrogen (secondary N) is 2. The van der Waals surface area contributed by atoms with Crippen molar-refractivity contribution in [2.24, 2.45) is 0 Å². The number of amides is 2. The van der Waals surface area contributed by atoms with E-state index in [1.54, 1.807) is 6.08 Å². The van der Waals surface area contributed by atoms with Gasteiger partial charge in [0.2, 0.25) is 11.8 Å². The lowest BCUT2D eigenvalue weighted by atomic mass is 10.1. The van der Waals surface area contributed by atoms with E-state index in [0.29, 0.717) is 11.6 Å². The van der Waals surface area contributed by atoms with Gasteiger partial charge in [0.25, 0.3) is 0 Å². The minimum Gasteiger partial charge on any atom is -0.350 e. The van der Waals surface area contributed by atoms with Gasteiger partial charge in [0.1, 0.15) is 0 Å². The highest BCUT2D eigenvalue weighted by molar-refractivity contribution is 6.31. The molecule has 0 saturated carbocycles. The Balaban J connectivity index is 2.02. The van der Waals surface area contributed by atoms with E-state index in [1.165, 1.54) is 6.08 Å². The lowest BCUT2D eigenvalue weighted by Gasteiger charge is -2.20. The number of halogens is 1. The standard InChI is InChI=1S/C21H27ClN4O2/c1-14-17(10-11-19(27)23-12-20(28)24-21(3,4)5)15(2)26(25-14)13-16-8-6-7-9-18(16)22/h6-11H,12-13H2,1-5H3,(H,23,27)(H,24,28)/b11-10+. The molecule has 0 fully saturated rings. The van der Waals surface area contributed by atoms with Gasteiger partial charge in [-0.05, 0) is 52.3 Å². The topological polar surface area (TPSA) is 76.0 Å². The van der Waals surface area contributed by atoms with Crippen molar-refractivity contribution < 1.29 is 9.59 Å². The first-order chi connectivity index (χ1) is 13.1. The number of benzene rings is 1. The van der Waals surface area contributed by atoms with E-state index in [4.69, 9.17) is 11.6 Å². The lowest BCUT2D eigenvalue weighted by Crippen LogP contribution is -2.45. The molecule has 1 aromatic heterocycles. The first-order valence-electron chi connectivity index (χ1n) is 9.11. The zero-order valence-electron chi connectivity index (χ0n) is 17.0. The number of rotatable bonds is 6. The molecular formula is C21H27ClN4O2. The molecule has 6 nitrogen and oxygen atoms in total. The zero-order chi connectivity index (χ0) is 20.9. The fraction of sp³-hybridized carbons (Fsp3) is 0.381. The molecule has 0 aliphatic rings. The largest absolute Gasteiger partial charge is 0.350 e. The van der Waals surface area contributed by atoms with Gasteiger partial charge in [0, 0.05) is 27.9 Å². The minimum absolute atomic E-state index is 0.0653. The summed E-state index contributed by atoms with van der Waals surface area (Å²) in [7, 11) is 0. The average molecular weight is 403 g/mol. The molecule has 2 rings (SSSR count). The van der Waals surface area contributed by atoms with Crippen LogP contribution in [0, 0.1) is 13.8 Å². The fourth-order valence-corrected chi connectivity index (χ4v) is 2.94. The summed E-state index contributed by atoms with van der Waals surface area (Å²) in [6.07, 6.45) is 3.14. The van der Waals surface area contributed by atoms with E-state index in [0.717, 1.165) is 22.5 Å². The predicted molar refractivity (Wildman–Crippen MR) is 112 cm³/mol. The molecule has 0 unspecified atom stereocenters. The molecule has 0 bridgehead atoms. The Morgan fingerprint density at radius 1 is 1.21 bits per heavy atom. The van der Waals surface area contributed by atoms with Crippen LogP contribution in [0.1, 0.15) is 43.3 Å². The van der Waals surface area contributed by atoms with Crippen LogP contribution in [0.4, 0.5) is 0 Å². The van der Waals surface area contributed by atoms with Crippen molar-refractivity contribution >= 4 is 29.5 Å². The van der Waals surface area contributed by atoms with Crippen molar-refractivity contribution in [2.75, 3.05) is 6.54 Å². The maximum Gasteiger partial charge on any atom is 0.244 e.